The molecule has 2 aliphatic rings. The number of hydrogen-bond donors (Lipinski definition) is 1. The number of nitrogens with zero attached hydrogens (tertiary/aromatic N) is 2. The van der Waals surface area contributed by atoms with E-state index < -0.39 is 4.87 Å². The number of benzene rings is 3. The number of rotatable bonds is 4. The highest BCUT2D eigenvalue weighted by molar-refractivity contribution is 8.02. The summed E-state index contributed by atoms with van der Waals surface area (Å²) in [7, 11) is 0. The molecule has 0 aromatic heterocycles. The first-order chi connectivity index (χ1) is 15.5. The topological polar surface area (TPSA) is 69.7 Å². The third kappa shape index (κ3) is 3.17. The van der Waals surface area contributed by atoms with Crippen LogP contribution in [-0.2, 0) is 19.3 Å². The van der Waals surface area contributed by atoms with Gasteiger partial charge in [0.2, 0.25) is 16.7 Å². The molecule has 1 saturated heterocycles. The van der Waals surface area contributed by atoms with Gasteiger partial charge in [-0.2, -0.15) is 0 Å². The summed E-state index contributed by atoms with van der Waals surface area (Å²) in [5.41, 5.74) is 3.81. The molecular weight excluding hydrogens is 422 g/mol. The first-order valence-electron chi connectivity index (χ1n) is 10.3. The Morgan fingerprint density at radius 1 is 0.969 bits per heavy atom. The lowest BCUT2D eigenvalue weighted by Gasteiger charge is -2.33. The molecule has 0 saturated carbocycles. The third-order valence-corrected chi connectivity index (χ3v) is 7.10. The van der Waals surface area contributed by atoms with Crippen LogP contribution >= 0.6 is 11.8 Å². The van der Waals surface area contributed by atoms with Gasteiger partial charge in [0, 0.05) is 16.9 Å². The molecule has 3 amide bonds. The van der Waals surface area contributed by atoms with Gasteiger partial charge < -0.3 is 5.32 Å². The minimum atomic E-state index is -1.21. The van der Waals surface area contributed by atoms with Crippen molar-refractivity contribution >= 4 is 46.5 Å². The SMILES string of the molecule is Cc1ccc(NC(=O)CN2C(=O)[C@]3(SCC(=O)N3c3ccccc3)c3ccccc32)cc1. The Morgan fingerprint density at radius 3 is 2.41 bits per heavy atom. The molecule has 1 N–H and O–H groups in total. The van der Waals surface area contributed by atoms with Gasteiger partial charge in [-0.1, -0.05) is 54.1 Å². The second kappa shape index (κ2) is 7.84. The molecule has 160 valence electrons. The van der Waals surface area contributed by atoms with Crippen LogP contribution in [0.4, 0.5) is 17.1 Å². The van der Waals surface area contributed by atoms with Crippen molar-refractivity contribution in [3.63, 3.8) is 0 Å². The Labute approximate surface area is 190 Å². The number of fused-ring (bicyclic) bond motifs is 2. The van der Waals surface area contributed by atoms with E-state index in [4.69, 9.17) is 0 Å². The van der Waals surface area contributed by atoms with Crippen LogP contribution in [0.3, 0.4) is 0 Å². The zero-order chi connectivity index (χ0) is 22.3. The number of hydrogen-bond acceptors (Lipinski definition) is 4. The summed E-state index contributed by atoms with van der Waals surface area (Å²) in [6, 6.07) is 24.1. The van der Waals surface area contributed by atoms with Crippen LogP contribution in [-0.4, -0.2) is 30.0 Å². The van der Waals surface area contributed by atoms with Gasteiger partial charge >= 0.3 is 0 Å². The highest BCUT2D eigenvalue weighted by Crippen LogP contribution is 2.55. The molecule has 7 heteroatoms. The molecule has 3 aromatic carbocycles. The van der Waals surface area contributed by atoms with Gasteiger partial charge in [-0.3, -0.25) is 24.2 Å². The number of thioether (sulfide) groups is 1. The minimum Gasteiger partial charge on any atom is -0.325 e. The van der Waals surface area contributed by atoms with Gasteiger partial charge in [-0.05, 0) is 37.3 Å². The molecule has 0 bridgehead atoms. The molecule has 0 unspecified atom stereocenters. The summed E-state index contributed by atoms with van der Waals surface area (Å²) in [5.74, 6) is -0.513. The summed E-state index contributed by atoms with van der Waals surface area (Å²) in [6.45, 7) is 1.84. The monoisotopic (exact) mass is 443 g/mol. The van der Waals surface area contributed by atoms with Crippen LogP contribution < -0.4 is 15.1 Å². The van der Waals surface area contributed by atoms with Crippen LogP contribution in [0.2, 0.25) is 0 Å². The lowest BCUT2D eigenvalue weighted by atomic mass is 10.0. The van der Waals surface area contributed by atoms with E-state index in [1.54, 1.807) is 4.90 Å². The Morgan fingerprint density at radius 2 is 1.66 bits per heavy atom. The largest absolute Gasteiger partial charge is 0.325 e. The molecule has 2 heterocycles. The summed E-state index contributed by atoms with van der Waals surface area (Å²) in [5, 5.41) is 2.86. The van der Waals surface area contributed by atoms with Crippen LogP contribution in [0.15, 0.2) is 78.9 Å². The maximum Gasteiger partial charge on any atom is 0.269 e. The highest BCUT2D eigenvalue weighted by Gasteiger charge is 2.61. The fraction of sp³-hybridized carbons (Fsp3) is 0.160. The molecule has 0 radical (unpaired) electrons. The molecule has 32 heavy (non-hydrogen) atoms. The Bertz CT molecular complexity index is 1210. The molecule has 6 nitrogen and oxygen atoms in total. The van der Waals surface area contributed by atoms with E-state index in [1.165, 1.54) is 16.7 Å². The minimum absolute atomic E-state index is 0.129. The van der Waals surface area contributed by atoms with Crippen LogP contribution in [0.25, 0.3) is 0 Å². The van der Waals surface area contributed by atoms with Gasteiger partial charge in [-0.15, -0.1) is 11.8 Å². The summed E-state index contributed by atoms with van der Waals surface area (Å²) in [6.07, 6.45) is 0. The van der Waals surface area contributed by atoms with Crippen molar-refractivity contribution in [3.8, 4) is 0 Å². The second-order valence-corrected chi connectivity index (χ2v) is 8.99. The lowest BCUT2D eigenvalue weighted by molar-refractivity contribution is -0.124. The van der Waals surface area contributed by atoms with Crippen molar-refractivity contribution in [2.45, 2.75) is 11.8 Å². The van der Waals surface area contributed by atoms with Crippen molar-refractivity contribution < 1.29 is 14.4 Å². The van der Waals surface area contributed by atoms with Crippen LogP contribution in [0, 0.1) is 6.92 Å². The molecule has 1 atom stereocenters. The first kappa shape index (κ1) is 20.3. The van der Waals surface area contributed by atoms with Crippen molar-refractivity contribution in [1.29, 1.82) is 0 Å². The smallest absolute Gasteiger partial charge is 0.269 e. The van der Waals surface area contributed by atoms with E-state index in [0.29, 0.717) is 17.1 Å². The predicted octanol–water partition coefficient (Wildman–Crippen LogP) is 3.91. The van der Waals surface area contributed by atoms with Crippen molar-refractivity contribution in [3.05, 3.63) is 90.0 Å². The number of nitrogens with one attached hydrogen (secondary N) is 1. The van der Waals surface area contributed by atoms with Crippen molar-refractivity contribution in [2.75, 3.05) is 27.4 Å². The summed E-state index contributed by atoms with van der Waals surface area (Å²) < 4.78 is 0. The van der Waals surface area contributed by atoms with E-state index >= 15 is 0 Å². The van der Waals surface area contributed by atoms with Gasteiger partial charge in [0.1, 0.15) is 6.54 Å². The zero-order valence-corrected chi connectivity index (χ0v) is 18.3. The molecule has 2 aliphatic heterocycles. The van der Waals surface area contributed by atoms with E-state index in [9.17, 15) is 14.4 Å². The van der Waals surface area contributed by atoms with Crippen molar-refractivity contribution in [2.24, 2.45) is 0 Å². The zero-order valence-electron chi connectivity index (χ0n) is 17.4. The van der Waals surface area contributed by atoms with Gasteiger partial charge in [0.15, 0.2) is 0 Å². The Balaban J connectivity index is 1.50. The number of amides is 3. The van der Waals surface area contributed by atoms with Crippen molar-refractivity contribution in [1.82, 2.24) is 0 Å². The Hall–Kier alpha value is -3.58. The molecule has 5 rings (SSSR count). The fourth-order valence-electron chi connectivity index (χ4n) is 4.27. The van der Waals surface area contributed by atoms with Gasteiger partial charge in [-0.25, -0.2) is 0 Å². The molecule has 0 aliphatic carbocycles. The quantitative estimate of drug-likeness (QED) is 0.664. The predicted molar refractivity (Wildman–Crippen MR) is 127 cm³/mol. The molecule has 1 spiro atoms. The maximum atomic E-state index is 13.9. The third-order valence-electron chi connectivity index (χ3n) is 5.72. The average molecular weight is 444 g/mol. The number of para-hydroxylation sites is 2. The number of aryl methyl sites for hydroxylation is 1. The average Bonchev–Trinajstić information content (AvgIpc) is 3.27. The molecule has 1 fully saturated rings. The van der Waals surface area contributed by atoms with Gasteiger partial charge in [0.05, 0.1) is 11.4 Å². The summed E-state index contributed by atoms with van der Waals surface area (Å²) in [4.78, 5) is 41.5. The molecule has 3 aromatic rings. The second-order valence-electron chi connectivity index (χ2n) is 7.82. The normalized spacial score (nSPS) is 19.5. The number of carbonyl (C=O) groups excluding carboxylic acids is 3. The van der Waals surface area contributed by atoms with Crippen LogP contribution in [0.1, 0.15) is 11.1 Å². The number of carbonyl (C=O) groups is 3. The number of anilines is 3. The fourth-order valence-corrected chi connectivity index (χ4v) is 5.63. The maximum absolute atomic E-state index is 13.9. The first-order valence-corrected chi connectivity index (χ1v) is 11.3. The van der Waals surface area contributed by atoms with Crippen LogP contribution in [0.5, 0.6) is 0 Å². The van der Waals surface area contributed by atoms with Gasteiger partial charge in [0.25, 0.3) is 5.91 Å². The highest BCUT2D eigenvalue weighted by atomic mass is 32.2. The van der Waals surface area contributed by atoms with E-state index in [-0.39, 0.29) is 30.0 Å². The van der Waals surface area contributed by atoms with E-state index in [0.717, 1.165) is 11.1 Å². The lowest BCUT2D eigenvalue weighted by Crippen LogP contribution is -2.50. The standard InChI is InChI=1S/C25H21N3O3S/c1-17-11-13-18(14-12-17)26-22(29)15-27-21-10-6-5-9-20(21)25(24(27)31)28(23(30)16-32-25)19-7-3-2-4-8-19/h2-14H,15-16H2,1H3,(H,26,29)/t25-/m1/s1. The summed E-state index contributed by atoms with van der Waals surface area (Å²) >= 11 is 1.30. The van der Waals surface area contributed by atoms with E-state index in [1.807, 2.05) is 85.8 Å². The molecular formula is C25H21N3O3S. The Kier molecular flexibility index (Phi) is 4.98. The van der Waals surface area contributed by atoms with E-state index in [2.05, 4.69) is 5.32 Å².